The summed E-state index contributed by atoms with van der Waals surface area (Å²) in [5.41, 5.74) is 0.823. The predicted molar refractivity (Wildman–Crippen MR) is 100.0 cm³/mol. The minimum absolute atomic E-state index is 0.0244. The van der Waals surface area contributed by atoms with Crippen molar-refractivity contribution in [2.45, 2.75) is 16.8 Å². The van der Waals surface area contributed by atoms with Crippen LogP contribution in [-0.2, 0) is 4.74 Å². The smallest absolute Gasteiger partial charge is 0.290 e. The lowest BCUT2D eigenvalue weighted by Gasteiger charge is -2.35. The summed E-state index contributed by atoms with van der Waals surface area (Å²) in [5.74, 6) is -3.52. The predicted octanol–water partition coefficient (Wildman–Crippen LogP) is 3.34. The molecule has 9 heteroatoms. The van der Waals surface area contributed by atoms with Gasteiger partial charge in [-0.25, -0.2) is 9.37 Å². The minimum Gasteiger partial charge on any atom is -0.379 e. The Balaban J connectivity index is 1.75. The molecule has 1 aromatic carbocycles. The lowest BCUT2D eigenvalue weighted by atomic mass is 10.0. The molecule has 1 unspecified atom stereocenters. The van der Waals surface area contributed by atoms with Crippen LogP contribution in [0.15, 0.2) is 47.6 Å². The van der Waals surface area contributed by atoms with Gasteiger partial charge in [-0.2, -0.15) is 8.78 Å². The van der Waals surface area contributed by atoms with Crippen LogP contribution >= 0.6 is 11.8 Å². The monoisotopic (exact) mass is 411 g/mol. The van der Waals surface area contributed by atoms with E-state index in [0.717, 1.165) is 5.56 Å². The van der Waals surface area contributed by atoms with E-state index in [4.69, 9.17) is 4.74 Å². The molecule has 0 saturated carbocycles. The van der Waals surface area contributed by atoms with Crippen LogP contribution in [0.3, 0.4) is 0 Å². The molecule has 5 nitrogen and oxygen atoms in total. The first-order valence-corrected chi connectivity index (χ1v) is 9.68. The molecule has 0 bridgehead atoms. The van der Waals surface area contributed by atoms with Crippen molar-refractivity contribution in [1.82, 2.24) is 15.2 Å². The van der Waals surface area contributed by atoms with Crippen LogP contribution in [0.4, 0.5) is 13.2 Å². The summed E-state index contributed by atoms with van der Waals surface area (Å²) >= 11 is 0.232. The summed E-state index contributed by atoms with van der Waals surface area (Å²) in [6.45, 7) is 2.61. The summed E-state index contributed by atoms with van der Waals surface area (Å²) in [6.07, 6.45) is 1.37. The number of carbonyl (C=O) groups is 1. The van der Waals surface area contributed by atoms with Crippen molar-refractivity contribution in [3.63, 3.8) is 0 Å². The van der Waals surface area contributed by atoms with Gasteiger partial charge in [0.25, 0.3) is 11.7 Å². The molecule has 0 radical (unpaired) electrons. The van der Waals surface area contributed by atoms with Gasteiger partial charge >= 0.3 is 0 Å². The number of amides is 1. The van der Waals surface area contributed by atoms with E-state index in [9.17, 15) is 18.0 Å². The van der Waals surface area contributed by atoms with E-state index in [2.05, 4.69) is 15.2 Å². The van der Waals surface area contributed by atoms with Crippen LogP contribution in [-0.4, -0.2) is 54.4 Å². The lowest BCUT2D eigenvalue weighted by Crippen LogP contribution is -2.44. The number of aromatic nitrogens is 1. The normalized spacial score (nSPS) is 16.1. The van der Waals surface area contributed by atoms with Crippen molar-refractivity contribution in [1.29, 1.82) is 0 Å². The van der Waals surface area contributed by atoms with E-state index < -0.39 is 11.7 Å². The molecule has 1 fully saturated rings. The zero-order chi connectivity index (χ0) is 19.9. The van der Waals surface area contributed by atoms with Crippen molar-refractivity contribution in [3.05, 3.63) is 59.5 Å². The quantitative estimate of drug-likeness (QED) is 0.709. The highest BCUT2D eigenvalue weighted by molar-refractivity contribution is 7.99. The van der Waals surface area contributed by atoms with Gasteiger partial charge in [0, 0.05) is 25.8 Å². The van der Waals surface area contributed by atoms with E-state index in [0.29, 0.717) is 26.3 Å². The third kappa shape index (κ3) is 5.46. The lowest BCUT2D eigenvalue weighted by molar-refractivity contribution is 0.0161. The topological polar surface area (TPSA) is 54.5 Å². The molecular formula is C19H20F3N3O2S. The molecular weight excluding hydrogens is 391 g/mol. The maximum atomic E-state index is 13.7. The fourth-order valence-electron chi connectivity index (χ4n) is 3.09. The number of morpholine rings is 1. The van der Waals surface area contributed by atoms with Gasteiger partial charge < -0.3 is 10.1 Å². The molecule has 0 aliphatic carbocycles. The zero-order valence-corrected chi connectivity index (χ0v) is 15.8. The molecule has 1 aromatic heterocycles. The molecule has 1 aliphatic rings. The minimum atomic E-state index is -2.67. The maximum Gasteiger partial charge on any atom is 0.290 e. The van der Waals surface area contributed by atoms with E-state index in [-0.39, 0.29) is 40.8 Å². The number of nitrogens with zero attached hydrogens (tertiary/aromatic N) is 2. The maximum absolute atomic E-state index is 13.7. The summed E-state index contributed by atoms with van der Waals surface area (Å²) in [7, 11) is 0. The first kappa shape index (κ1) is 20.6. The number of alkyl halides is 2. The van der Waals surface area contributed by atoms with Crippen LogP contribution in [0.25, 0.3) is 0 Å². The van der Waals surface area contributed by atoms with Gasteiger partial charge in [0.15, 0.2) is 0 Å². The van der Waals surface area contributed by atoms with E-state index in [1.54, 1.807) is 12.1 Å². The van der Waals surface area contributed by atoms with Crippen molar-refractivity contribution in [2.24, 2.45) is 0 Å². The Morgan fingerprint density at radius 2 is 2.04 bits per heavy atom. The number of pyridine rings is 1. The van der Waals surface area contributed by atoms with Crippen LogP contribution in [0.5, 0.6) is 0 Å². The van der Waals surface area contributed by atoms with Gasteiger partial charge in [-0.05, 0) is 41.6 Å². The number of rotatable bonds is 7. The average molecular weight is 411 g/mol. The number of thioether (sulfide) groups is 1. The third-order valence-corrected chi connectivity index (χ3v) is 5.12. The van der Waals surface area contributed by atoms with Crippen molar-refractivity contribution >= 4 is 17.7 Å². The van der Waals surface area contributed by atoms with Crippen LogP contribution in [0.1, 0.15) is 22.0 Å². The van der Waals surface area contributed by atoms with Gasteiger partial charge in [0.1, 0.15) is 10.8 Å². The number of ether oxygens (including phenoxy) is 1. The molecule has 1 atom stereocenters. The highest BCUT2D eigenvalue weighted by Crippen LogP contribution is 2.27. The second kappa shape index (κ2) is 9.90. The van der Waals surface area contributed by atoms with Gasteiger partial charge in [-0.15, -0.1) is 0 Å². The Labute approximate surface area is 165 Å². The fourth-order valence-corrected chi connectivity index (χ4v) is 3.67. The standard InChI is InChI=1S/C19H20F3N3O2S/c20-14-4-1-3-13(11-14)16(25-7-9-27-10-8-25)12-24-17(26)15-5-2-6-23-18(15)28-19(21)22/h1-6,11,16,19H,7-10,12H2,(H,24,26). The first-order chi connectivity index (χ1) is 13.5. The highest BCUT2D eigenvalue weighted by atomic mass is 32.2. The number of nitrogens with one attached hydrogen (secondary N) is 1. The first-order valence-electron chi connectivity index (χ1n) is 8.80. The summed E-state index contributed by atoms with van der Waals surface area (Å²) in [4.78, 5) is 18.6. The molecule has 1 saturated heterocycles. The molecule has 1 aliphatic heterocycles. The largest absolute Gasteiger partial charge is 0.379 e. The van der Waals surface area contributed by atoms with Gasteiger partial charge in [-0.1, -0.05) is 12.1 Å². The van der Waals surface area contributed by atoms with Crippen LogP contribution in [0.2, 0.25) is 0 Å². The molecule has 1 N–H and O–H groups in total. The van der Waals surface area contributed by atoms with Crippen molar-refractivity contribution in [3.8, 4) is 0 Å². The van der Waals surface area contributed by atoms with E-state index in [1.165, 1.54) is 30.5 Å². The van der Waals surface area contributed by atoms with Crippen molar-refractivity contribution < 1.29 is 22.7 Å². The zero-order valence-electron chi connectivity index (χ0n) is 15.0. The Bertz CT molecular complexity index is 803. The Morgan fingerprint density at radius 1 is 1.25 bits per heavy atom. The molecule has 28 heavy (non-hydrogen) atoms. The second-order valence-electron chi connectivity index (χ2n) is 6.16. The summed E-state index contributed by atoms with van der Waals surface area (Å²) in [5, 5.41) is 2.76. The molecule has 150 valence electrons. The third-order valence-electron chi connectivity index (χ3n) is 4.39. The highest BCUT2D eigenvalue weighted by Gasteiger charge is 2.24. The van der Waals surface area contributed by atoms with Gasteiger partial charge in [0.2, 0.25) is 0 Å². The van der Waals surface area contributed by atoms with E-state index >= 15 is 0 Å². The second-order valence-corrected chi connectivity index (χ2v) is 7.14. The summed E-state index contributed by atoms with van der Waals surface area (Å²) in [6, 6.07) is 8.95. The molecule has 0 spiro atoms. The molecule has 2 aromatic rings. The molecule has 2 heterocycles. The van der Waals surface area contributed by atoms with E-state index in [1.807, 2.05) is 0 Å². The number of hydrogen-bond acceptors (Lipinski definition) is 5. The van der Waals surface area contributed by atoms with Crippen molar-refractivity contribution in [2.75, 3.05) is 32.8 Å². The number of halogens is 3. The average Bonchev–Trinajstić information content (AvgIpc) is 2.69. The summed E-state index contributed by atoms with van der Waals surface area (Å²) < 4.78 is 44.5. The molecule has 1 amide bonds. The van der Waals surface area contributed by atoms with Crippen LogP contribution < -0.4 is 5.32 Å². The Morgan fingerprint density at radius 3 is 2.75 bits per heavy atom. The Kier molecular flexibility index (Phi) is 7.30. The Hall–Kier alpha value is -2.10. The number of carbonyl (C=O) groups excluding carboxylic acids is 1. The van der Waals surface area contributed by atoms with Gasteiger partial charge in [-0.3, -0.25) is 9.69 Å². The molecule has 3 rings (SSSR count). The SMILES string of the molecule is O=C(NCC(c1cccc(F)c1)N1CCOCC1)c1cccnc1SC(F)F. The van der Waals surface area contributed by atoms with Gasteiger partial charge in [0.05, 0.1) is 24.8 Å². The van der Waals surface area contributed by atoms with Crippen LogP contribution in [0, 0.1) is 5.82 Å². The fraction of sp³-hybridized carbons (Fsp3) is 0.368. The number of hydrogen-bond donors (Lipinski definition) is 1. The number of benzene rings is 1.